The number of sulfonamides is 1. The fraction of sp³-hybridized carbons (Fsp3) is 0.471. The van der Waals surface area contributed by atoms with E-state index in [2.05, 4.69) is 16.6 Å². The molecule has 0 saturated carbocycles. The Hall–Kier alpha value is -1.50. The van der Waals surface area contributed by atoms with Crippen LogP contribution in [0.1, 0.15) is 31.7 Å². The van der Waals surface area contributed by atoms with Gasteiger partial charge in [-0.3, -0.25) is 4.98 Å². The molecule has 5 nitrogen and oxygen atoms in total. The molecule has 0 aliphatic carbocycles. The predicted octanol–water partition coefficient (Wildman–Crippen LogP) is 2.62. The second kappa shape index (κ2) is 7.86. The average molecular weight is 336 g/mol. The molecule has 0 amide bonds. The van der Waals surface area contributed by atoms with Crippen LogP contribution in [0.2, 0.25) is 0 Å². The minimum absolute atomic E-state index is 0.0732. The molecule has 0 aliphatic heterocycles. The summed E-state index contributed by atoms with van der Waals surface area (Å²) in [5.41, 5.74) is 1.65. The van der Waals surface area contributed by atoms with E-state index in [1.807, 2.05) is 6.92 Å². The summed E-state index contributed by atoms with van der Waals surface area (Å²) < 4.78 is 28.0. The molecule has 126 valence electrons. The number of aromatic nitrogens is 1. The van der Waals surface area contributed by atoms with Crippen molar-refractivity contribution in [2.45, 2.75) is 38.0 Å². The quantitative estimate of drug-likeness (QED) is 0.776. The van der Waals surface area contributed by atoms with Gasteiger partial charge in [-0.25, -0.2) is 13.1 Å². The molecule has 0 saturated heterocycles. The van der Waals surface area contributed by atoms with Gasteiger partial charge in [-0.1, -0.05) is 19.4 Å². The van der Waals surface area contributed by atoms with Gasteiger partial charge in [0.2, 0.25) is 10.0 Å². The van der Waals surface area contributed by atoms with Gasteiger partial charge in [-0.15, -0.1) is 0 Å². The molecule has 6 heteroatoms. The van der Waals surface area contributed by atoms with Gasteiger partial charge in [-0.2, -0.15) is 0 Å². The van der Waals surface area contributed by atoms with Crippen LogP contribution >= 0.6 is 0 Å². The van der Waals surface area contributed by atoms with Crippen molar-refractivity contribution >= 4 is 20.9 Å². The number of hydrogen-bond donors (Lipinski definition) is 2. The molecule has 1 aromatic carbocycles. The molecular weight excluding hydrogens is 312 g/mol. The SMILES string of the molecule is CCCC(CCO)CNS(=O)(=O)c1ccc(C)c2ncccc12. The molecule has 0 spiro atoms. The molecule has 1 heterocycles. The maximum absolute atomic E-state index is 12.7. The molecule has 0 aliphatic rings. The van der Waals surface area contributed by atoms with Gasteiger partial charge in [0.1, 0.15) is 0 Å². The van der Waals surface area contributed by atoms with Crippen molar-refractivity contribution in [3.63, 3.8) is 0 Å². The Balaban J connectivity index is 2.28. The Morgan fingerprint density at radius 1 is 1.26 bits per heavy atom. The highest BCUT2D eigenvalue weighted by atomic mass is 32.2. The summed E-state index contributed by atoms with van der Waals surface area (Å²) >= 11 is 0. The number of fused-ring (bicyclic) bond motifs is 1. The first-order chi connectivity index (χ1) is 11.0. The second-order valence-corrected chi connectivity index (χ2v) is 7.53. The van der Waals surface area contributed by atoms with Crippen molar-refractivity contribution in [1.82, 2.24) is 9.71 Å². The lowest BCUT2D eigenvalue weighted by atomic mass is 10.0. The van der Waals surface area contributed by atoms with Gasteiger partial charge >= 0.3 is 0 Å². The number of pyridine rings is 1. The molecule has 2 N–H and O–H groups in total. The maximum atomic E-state index is 12.7. The summed E-state index contributed by atoms with van der Waals surface area (Å²) in [5.74, 6) is 0.148. The summed E-state index contributed by atoms with van der Waals surface area (Å²) in [6.45, 7) is 4.38. The highest BCUT2D eigenvalue weighted by molar-refractivity contribution is 7.89. The largest absolute Gasteiger partial charge is 0.396 e. The number of benzene rings is 1. The molecule has 1 aromatic heterocycles. The Morgan fingerprint density at radius 3 is 2.74 bits per heavy atom. The summed E-state index contributed by atoms with van der Waals surface area (Å²) in [4.78, 5) is 4.54. The van der Waals surface area contributed by atoms with Crippen LogP contribution in [0.4, 0.5) is 0 Å². The van der Waals surface area contributed by atoms with E-state index in [1.54, 1.807) is 30.5 Å². The van der Waals surface area contributed by atoms with Crippen molar-refractivity contribution in [2.75, 3.05) is 13.2 Å². The average Bonchev–Trinajstić information content (AvgIpc) is 2.53. The van der Waals surface area contributed by atoms with Crippen LogP contribution in [-0.4, -0.2) is 31.7 Å². The van der Waals surface area contributed by atoms with E-state index < -0.39 is 10.0 Å². The van der Waals surface area contributed by atoms with Gasteiger partial charge in [0.05, 0.1) is 10.4 Å². The van der Waals surface area contributed by atoms with Crippen molar-refractivity contribution in [3.05, 3.63) is 36.0 Å². The summed E-state index contributed by atoms with van der Waals surface area (Å²) in [5, 5.41) is 9.73. The van der Waals surface area contributed by atoms with Crippen LogP contribution in [0.3, 0.4) is 0 Å². The first-order valence-electron chi connectivity index (χ1n) is 7.94. The van der Waals surface area contributed by atoms with E-state index in [-0.39, 0.29) is 17.4 Å². The van der Waals surface area contributed by atoms with Gasteiger partial charge in [-0.05, 0) is 49.4 Å². The topological polar surface area (TPSA) is 79.3 Å². The van der Waals surface area contributed by atoms with Crippen molar-refractivity contribution in [2.24, 2.45) is 5.92 Å². The van der Waals surface area contributed by atoms with Crippen molar-refractivity contribution in [3.8, 4) is 0 Å². The van der Waals surface area contributed by atoms with Crippen LogP contribution < -0.4 is 4.72 Å². The van der Waals surface area contributed by atoms with Gasteiger partial charge in [0.15, 0.2) is 0 Å². The third-order valence-corrected chi connectivity index (χ3v) is 5.50. The molecule has 0 bridgehead atoms. The maximum Gasteiger partial charge on any atom is 0.241 e. The van der Waals surface area contributed by atoms with E-state index in [4.69, 9.17) is 5.11 Å². The number of aryl methyl sites for hydroxylation is 1. The summed E-state index contributed by atoms with van der Waals surface area (Å²) in [7, 11) is -3.61. The van der Waals surface area contributed by atoms with Gasteiger partial charge in [0, 0.05) is 24.7 Å². The molecule has 2 rings (SSSR count). The van der Waals surface area contributed by atoms with Crippen molar-refractivity contribution < 1.29 is 13.5 Å². The Morgan fingerprint density at radius 2 is 2.04 bits per heavy atom. The Bertz CT molecular complexity index is 754. The number of rotatable bonds is 8. The minimum atomic E-state index is -3.61. The first-order valence-corrected chi connectivity index (χ1v) is 9.42. The monoisotopic (exact) mass is 336 g/mol. The smallest absolute Gasteiger partial charge is 0.241 e. The van der Waals surface area contributed by atoms with E-state index in [0.717, 1.165) is 18.4 Å². The predicted molar refractivity (Wildman–Crippen MR) is 91.8 cm³/mol. The highest BCUT2D eigenvalue weighted by Gasteiger charge is 2.20. The van der Waals surface area contributed by atoms with Crippen LogP contribution in [0.25, 0.3) is 10.9 Å². The van der Waals surface area contributed by atoms with Crippen LogP contribution in [-0.2, 0) is 10.0 Å². The molecule has 1 unspecified atom stereocenters. The molecule has 0 radical (unpaired) electrons. The number of nitrogens with zero attached hydrogens (tertiary/aromatic N) is 1. The zero-order valence-electron chi connectivity index (χ0n) is 13.6. The highest BCUT2D eigenvalue weighted by Crippen LogP contribution is 2.24. The van der Waals surface area contributed by atoms with E-state index in [1.165, 1.54) is 0 Å². The third kappa shape index (κ3) is 4.28. The lowest BCUT2D eigenvalue weighted by Gasteiger charge is -2.16. The summed E-state index contributed by atoms with van der Waals surface area (Å²) in [6.07, 6.45) is 4.12. The van der Waals surface area contributed by atoms with Crippen LogP contribution in [0, 0.1) is 12.8 Å². The van der Waals surface area contributed by atoms with Crippen molar-refractivity contribution in [1.29, 1.82) is 0 Å². The fourth-order valence-corrected chi connectivity index (χ4v) is 4.08. The minimum Gasteiger partial charge on any atom is -0.396 e. The van der Waals surface area contributed by atoms with E-state index >= 15 is 0 Å². The third-order valence-electron chi connectivity index (χ3n) is 4.02. The normalized spacial score (nSPS) is 13.3. The number of aliphatic hydroxyl groups excluding tert-OH is 1. The van der Waals surface area contributed by atoms with E-state index in [0.29, 0.717) is 23.9 Å². The zero-order valence-corrected chi connectivity index (χ0v) is 14.4. The number of nitrogens with one attached hydrogen (secondary N) is 1. The standard InChI is InChI=1S/C17H24N2O3S/c1-3-5-14(9-11-20)12-19-23(21,22)16-8-7-13(2)17-15(16)6-4-10-18-17/h4,6-8,10,14,19-20H,3,5,9,11-12H2,1-2H3. The Labute approximate surface area is 137 Å². The van der Waals surface area contributed by atoms with Gasteiger partial charge < -0.3 is 5.11 Å². The van der Waals surface area contributed by atoms with E-state index in [9.17, 15) is 8.42 Å². The van der Waals surface area contributed by atoms with Gasteiger partial charge in [0.25, 0.3) is 0 Å². The lowest BCUT2D eigenvalue weighted by Crippen LogP contribution is -2.30. The molecular formula is C17H24N2O3S. The molecule has 2 aromatic rings. The van der Waals surface area contributed by atoms with Crippen LogP contribution in [0.15, 0.2) is 35.4 Å². The number of hydrogen-bond acceptors (Lipinski definition) is 4. The molecule has 1 atom stereocenters. The second-order valence-electron chi connectivity index (χ2n) is 5.80. The lowest BCUT2D eigenvalue weighted by molar-refractivity contribution is 0.251. The fourth-order valence-electron chi connectivity index (χ4n) is 2.77. The Kier molecular flexibility index (Phi) is 6.10. The molecule has 23 heavy (non-hydrogen) atoms. The zero-order chi connectivity index (χ0) is 16.9. The number of aliphatic hydroxyl groups is 1. The molecule has 0 fully saturated rings. The first kappa shape index (κ1) is 17.8. The van der Waals surface area contributed by atoms with Crippen LogP contribution in [0.5, 0.6) is 0 Å². The summed E-state index contributed by atoms with van der Waals surface area (Å²) in [6, 6.07) is 6.93.